The Morgan fingerprint density at radius 3 is 2.31 bits per heavy atom. The molecule has 0 bridgehead atoms. The standard InChI is InChI=1S/C11H17NO4/c1-6-8(10(15)12-9(6)14)11(2,3)7(13)5-16-4/h6,8H,5H2,1-4H3,(H,12,14,15). The number of amides is 2. The molecule has 16 heavy (non-hydrogen) atoms. The van der Waals surface area contributed by atoms with Crippen molar-refractivity contribution in [2.45, 2.75) is 20.8 Å². The summed E-state index contributed by atoms with van der Waals surface area (Å²) in [5, 5.41) is 2.25. The highest BCUT2D eigenvalue weighted by atomic mass is 16.5. The molecule has 0 aliphatic carbocycles. The molecule has 5 nitrogen and oxygen atoms in total. The maximum atomic E-state index is 11.8. The number of nitrogens with one attached hydrogen (secondary N) is 1. The highest BCUT2D eigenvalue weighted by molar-refractivity contribution is 6.07. The molecule has 2 atom stereocenters. The van der Waals surface area contributed by atoms with Crippen LogP contribution < -0.4 is 5.32 Å². The van der Waals surface area contributed by atoms with E-state index in [0.717, 1.165) is 0 Å². The second-order valence-electron chi connectivity index (χ2n) is 4.70. The molecule has 0 aromatic heterocycles. The number of carbonyl (C=O) groups excluding carboxylic acids is 3. The van der Waals surface area contributed by atoms with Crippen LogP contribution in [0.5, 0.6) is 0 Å². The Morgan fingerprint density at radius 1 is 1.38 bits per heavy atom. The summed E-state index contributed by atoms with van der Waals surface area (Å²) in [6.45, 7) is 4.96. The van der Waals surface area contributed by atoms with Gasteiger partial charge in [-0.1, -0.05) is 20.8 Å². The van der Waals surface area contributed by atoms with Crippen LogP contribution in [-0.2, 0) is 19.1 Å². The van der Waals surface area contributed by atoms with E-state index in [4.69, 9.17) is 4.74 Å². The van der Waals surface area contributed by atoms with E-state index < -0.39 is 17.3 Å². The first-order valence-corrected chi connectivity index (χ1v) is 5.19. The minimum absolute atomic E-state index is 0.0440. The van der Waals surface area contributed by atoms with Crippen LogP contribution in [-0.4, -0.2) is 31.3 Å². The summed E-state index contributed by atoms with van der Waals surface area (Å²) in [6, 6.07) is 0. The smallest absolute Gasteiger partial charge is 0.231 e. The molecule has 0 aromatic carbocycles. The van der Waals surface area contributed by atoms with E-state index in [1.165, 1.54) is 7.11 Å². The van der Waals surface area contributed by atoms with E-state index in [0.29, 0.717) is 0 Å². The molecule has 5 heteroatoms. The molecule has 2 amide bonds. The molecule has 1 N–H and O–H groups in total. The second kappa shape index (κ2) is 4.33. The maximum Gasteiger partial charge on any atom is 0.231 e. The highest BCUT2D eigenvalue weighted by Crippen LogP contribution is 2.37. The quantitative estimate of drug-likeness (QED) is 0.693. The fourth-order valence-corrected chi connectivity index (χ4v) is 2.13. The summed E-state index contributed by atoms with van der Waals surface area (Å²) in [7, 11) is 1.43. The normalized spacial score (nSPS) is 25.8. The minimum Gasteiger partial charge on any atom is -0.377 e. The molecule has 0 spiro atoms. The van der Waals surface area contributed by atoms with Crippen molar-refractivity contribution in [2.75, 3.05) is 13.7 Å². The Kier molecular flexibility index (Phi) is 3.48. The number of hydrogen-bond acceptors (Lipinski definition) is 4. The molecule has 1 rings (SSSR count). The molecule has 0 radical (unpaired) electrons. The minimum atomic E-state index is -0.883. The van der Waals surface area contributed by atoms with Crippen molar-refractivity contribution in [3.05, 3.63) is 0 Å². The van der Waals surface area contributed by atoms with Gasteiger partial charge < -0.3 is 4.74 Å². The lowest BCUT2D eigenvalue weighted by Gasteiger charge is -2.29. The summed E-state index contributed by atoms with van der Waals surface area (Å²) in [5.41, 5.74) is -0.883. The largest absolute Gasteiger partial charge is 0.377 e. The first kappa shape index (κ1) is 12.8. The second-order valence-corrected chi connectivity index (χ2v) is 4.70. The molecular weight excluding hydrogens is 210 g/mol. The number of imide groups is 1. The van der Waals surface area contributed by atoms with Crippen LogP contribution in [0.15, 0.2) is 0 Å². The molecule has 1 aliphatic rings. The van der Waals surface area contributed by atoms with Crippen molar-refractivity contribution in [1.29, 1.82) is 0 Å². The zero-order chi connectivity index (χ0) is 12.5. The third-order valence-electron chi connectivity index (χ3n) is 3.21. The van der Waals surface area contributed by atoms with Crippen LogP contribution >= 0.6 is 0 Å². The fourth-order valence-electron chi connectivity index (χ4n) is 2.13. The van der Waals surface area contributed by atoms with Gasteiger partial charge in [0.25, 0.3) is 0 Å². The Bertz CT molecular complexity index is 335. The number of ketones is 1. The van der Waals surface area contributed by atoms with Crippen LogP contribution in [0.1, 0.15) is 20.8 Å². The SMILES string of the molecule is COCC(=O)C(C)(C)C1C(=O)NC(=O)C1C. The van der Waals surface area contributed by atoms with Crippen LogP contribution in [0.2, 0.25) is 0 Å². The van der Waals surface area contributed by atoms with Crippen molar-refractivity contribution >= 4 is 17.6 Å². The first-order chi connectivity index (χ1) is 7.32. The van der Waals surface area contributed by atoms with Gasteiger partial charge in [0.05, 0.1) is 5.92 Å². The third-order valence-corrected chi connectivity index (χ3v) is 3.21. The van der Waals surface area contributed by atoms with Gasteiger partial charge in [0.2, 0.25) is 11.8 Å². The van der Waals surface area contributed by atoms with E-state index in [9.17, 15) is 14.4 Å². The summed E-state index contributed by atoms with van der Waals surface area (Å²) < 4.78 is 4.78. The zero-order valence-electron chi connectivity index (χ0n) is 9.99. The number of hydrogen-bond donors (Lipinski definition) is 1. The Hall–Kier alpha value is -1.23. The van der Waals surface area contributed by atoms with E-state index in [2.05, 4.69) is 5.32 Å². The topological polar surface area (TPSA) is 72.5 Å². The van der Waals surface area contributed by atoms with Gasteiger partial charge in [-0.2, -0.15) is 0 Å². The van der Waals surface area contributed by atoms with Crippen LogP contribution in [0, 0.1) is 17.3 Å². The Morgan fingerprint density at radius 2 is 1.94 bits per heavy atom. The van der Waals surface area contributed by atoms with E-state index in [1.54, 1.807) is 20.8 Å². The van der Waals surface area contributed by atoms with Crippen LogP contribution in [0.25, 0.3) is 0 Å². The maximum absolute atomic E-state index is 11.8. The average Bonchev–Trinajstić information content (AvgIpc) is 2.41. The predicted octanol–water partition coefficient (Wildman–Crippen LogP) is 0.137. The predicted molar refractivity (Wildman–Crippen MR) is 56.5 cm³/mol. The lowest BCUT2D eigenvalue weighted by molar-refractivity contribution is -0.140. The van der Waals surface area contributed by atoms with Crippen LogP contribution in [0.4, 0.5) is 0 Å². The number of carbonyl (C=O) groups is 3. The van der Waals surface area contributed by atoms with Gasteiger partial charge in [0.15, 0.2) is 5.78 Å². The van der Waals surface area contributed by atoms with E-state index >= 15 is 0 Å². The van der Waals surface area contributed by atoms with Crippen molar-refractivity contribution in [3.63, 3.8) is 0 Å². The summed E-state index contributed by atoms with van der Waals surface area (Å²) in [6.07, 6.45) is 0. The number of methoxy groups -OCH3 is 1. The fraction of sp³-hybridized carbons (Fsp3) is 0.727. The van der Waals surface area contributed by atoms with Crippen molar-refractivity contribution in [1.82, 2.24) is 5.32 Å². The van der Waals surface area contributed by atoms with Gasteiger partial charge in [-0.15, -0.1) is 0 Å². The van der Waals surface area contributed by atoms with Gasteiger partial charge in [-0.3, -0.25) is 19.7 Å². The molecule has 1 saturated heterocycles. The number of rotatable bonds is 4. The molecule has 1 fully saturated rings. The molecule has 0 aromatic rings. The molecule has 2 unspecified atom stereocenters. The lowest BCUT2D eigenvalue weighted by atomic mass is 9.71. The number of Topliss-reactive ketones (excluding diaryl/α,β-unsaturated/α-hetero) is 1. The van der Waals surface area contributed by atoms with E-state index in [1.807, 2.05) is 0 Å². The molecular formula is C11H17NO4. The first-order valence-electron chi connectivity index (χ1n) is 5.19. The van der Waals surface area contributed by atoms with Crippen LogP contribution in [0.3, 0.4) is 0 Å². The monoisotopic (exact) mass is 227 g/mol. The third kappa shape index (κ3) is 2.00. The zero-order valence-corrected chi connectivity index (χ0v) is 9.99. The van der Waals surface area contributed by atoms with Gasteiger partial charge in [0.1, 0.15) is 6.61 Å². The Balaban J connectivity index is 2.94. The molecule has 1 aliphatic heterocycles. The lowest BCUT2D eigenvalue weighted by Crippen LogP contribution is -2.41. The van der Waals surface area contributed by atoms with Gasteiger partial charge >= 0.3 is 0 Å². The van der Waals surface area contributed by atoms with Gasteiger partial charge in [-0.05, 0) is 0 Å². The van der Waals surface area contributed by atoms with Gasteiger partial charge in [-0.25, -0.2) is 0 Å². The summed E-state index contributed by atoms with van der Waals surface area (Å²) >= 11 is 0. The Labute approximate surface area is 94.5 Å². The van der Waals surface area contributed by atoms with Crippen molar-refractivity contribution in [3.8, 4) is 0 Å². The average molecular weight is 227 g/mol. The van der Waals surface area contributed by atoms with Gasteiger partial charge in [0, 0.05) is 18.4 Å². The van der Waals surface area contributed by atoms with Crippen molar-refractivity contribution in [2.24, 2.45) is 17.3 Å². The summed E-state index contributed by atoms with van der Waals surface area (Å²) in [4.78, 5) is 34.8. The molecule has 1 heterocycles. The summed E-state index contributed by atoms with van der Waals surface area (Å²) in [5.74, 6) is -1.93. The molecule has 90 valence electrons. The highest BCUT2D eigenvalue weighted by Gasteiger charge is 2.50. The number of ether oxygens (including phenoxy) is 1. The van der Waals surface area contributed by atoms with E-state index in [-0.39, 0.29) is 24.2 Å². The molecule has 0 saturated carbocycles. The van der Waals surface area contributed by atoms with Crippen molar-refractivity contribution < 1.29 is 19.1 Å².